The van der Waals surface area contributed by atoms with Crippen LogP contribution in [0.1, 0.15) is 52.9 Å². The SMILES string of the molecule is CCCCC(C)(C)C1=CCCC=C1. The minimum absolute atomic E-state index is 0.396. The van der Waals surface area contributed by atoms with Crippen molar-refractivity contribution in [3.05, 3.63) is 23.8 Å². The number of hydrogen-bond acceptors (Lipinski definition) is 0. The number of hydrogen-bond donors (Lipinski definition) is 0. The van der Waals surface area contributed by atoms with Crippen LogP contribution in [0.25, 0.3) is 0 Å². The summed E-state index contributed by atoms with van der Waals surface area (Å²) in [6.07, 6.45) is 13.5. The minimum Gasteiger partial charge on any atom is -0.0839 e. The van der Waals surface area contributed by atoms with Crippen LogP contribution in [0.2, 0.25) is 0 Å². The molecule has 1 aliphatic rings. The first kappa shape index (κ1) is 10.6. The fourth-order valence-electron chi connectivity index (χ4n) is 1.88. The summed E-state index contributed by atoms with van der Waals surface area (Å²) in [6.45, 7) is 7.00. The third kappa shape index (κ3) is 3.02. The van der Waals surface area contributed by atoms with E-state index in [2.05, 4.69) is 39.0 Å². The lowest BCUT2D eigenvalue weighted by atomic mass is 9.78. The summed E-state index contributed by atoms with van der Waals surface area (Å²) in [6, 6.07) is 0. The Kier molecular flexibility index (Phi) is 3.77. The number of allylic oxidation sites excluding steroid dienone is 4. The molecular formula is C13H22. The van der Waals surface area contributed by atoms with E-state index in [0.717, 1.165) is 0 Å². The Morgan fingerprint density at radius 1 is 1.31 bits per heavy atom. The van der Waals surface area contributed by atoms with Crippen LogP contribution in [0.3, 0.4) is 0 Å². The van der Waals surface area contributed by atoms with Gasteiger partial charge in [-0.15, -0.1) is 0 Å². The van der Waals surface area contributed by atoms with Gasteiger partial charge in [-0.1, -0.05) is 51.8 Å². The first-order valence-corrected chi connectivity index (χ1v) is 5.54. The number of rotatable bonds is 4. The van der Waals surface area contributed by atoms with Crippen molar-refractivity contribution in [3.8, 4) is 0 Å². The largest absolute Gasteiger partial charge is 0.0839 e. The molecule has 0 aromatic heterocycles. The molecule has 0 saturated carbocycles. The lowest BCUT2D eigenvalue weighted by Gasteiger charge is -2.27. The van der Waals surface area contributed by atoms with Crippen LogP contribution in [0.4, 0.5) is 0 Å². The van der Waals surface area contributed by atoms with Gasteiger partial charge in [-0.2, -0.15) is 0 Å². The van der Waals surface area contributed by atoms with Gasteiger partial charge in [0.05, 0.1) is 0 Å². The topological polar surface area (TPSA) is 0 Å². The fourth-order valence-corrected chi connectivity index (χ4v) is 1.88. The van der Waals surface area contributed by atoms with E-state index in [4.69, 9.17) is 0 Å². The van der Waals surface area contributed by atoms with Crippen LogP contribution in [-0.2, 0) is 0 Å². The maximum Gasteiger partial charge on any atom is -0.0107 e. The second-order valence-corrected chi connectivity index (χ2v) is 4.63. The molecule has 0 aromatic carbocycles. The maximum atomic E-state index is 2.41. The zero-order valence-corrected chi connectivity index (χ0v) is 9.27. The van der Waals surface area contributed by atoms with E-state index in [1.165, 1.54) is 32.1 Å². The Morgan fingerprint density at radius 2 is 2.08 bits per heavy atom. The summed E-state index contributed by atoms with van der Waals surface area (Å²) in [5, 5.41) is 0. The summed E-state index contributed by atoms with van der Waals surface area (Å²) < 4.78 is 0. The third-order valence-electron chi connectivity index (χ3n) is 2.93. The van der Waals surface area contributed by atoms with Crippen molar-refractivity contribution >= 4 is 0 Å². The molecule has 0 aliphatic heterocycles. The zero-order chi connectivity index (χ0) is 9.73. The van der Waals surface area contributed by atoms with E-state index >= 15 is 0 Å². The monoisotopic (exact) mass is 178 g/mol. The van der Waals surface area contributed by atoms with Gasteiger partial charge in [0.25, 0.3) is 0 Å². The van der Waals surface area contributed by atoms with Crippen molar-refractivity contribution in [2.24, 2.45) is 5.41 Å². The quantitative estimate of drug-likeness (QED) is 0.595. The second-order valence-electron chi connectivity index (χ2n) is 4.63. The molecule has 0 unspecified atom stereocenters. The highest BCUT2D eigenvalue weighted by Crippen LogP contribution is 2.34. The van der Waals surface area contributed by atoms with Crippen LogP contribution >= 0.6 is 0 Å². The van der Waals surface area contributed by atoms with Gasteiger partial charge in [0.1, 0.15) is 0 Å². The van der Waals surface area contributed by atoms with Gasteiger partial charge in [0.2, 0.25) is 0 Å². The van der Waals surface area contributed by atoms with E-state index in [-0.39, 0.29) is 0 Å². The first-order chi connectivity index (χ1) is 6.17. The van der Waals surface area contributed by atoms with E-state index in [1.807, 2.05) is 0 Å². The van der Waals surface area contributed by atoms with Crippen molar-refractivity contribution in [1.82, 2.24) is 0 Å². The van der Waals surface area contributed by atoms with E-state index in [1.54, 1.807) is 5.57 Å². The van der Waals surface area contributed by atoms with Gasteiger partial charge in [-0.3, -0.25) is 0 Å². The molecule has 1 aliphatic carbocycles. The van der Waals surface area contributed by atoms with Crippen molar-refractivity contribution in [3.63, 3.8) is 0 Å². The Morgan fingerprint density at radius 3 is 2.62 bits per heavy atom. The predicted molar refractivity (Wildman–Crippen MR) is 59.8 cm³/mol. The highest BCUT2D eigenvalue weighted by Gasteiger charge is 2.20. The van der Waals surface area contributed by atoms with Crippen LogP contribution in [0.15, 0.2) is 23.8 Å². The van der Waals surface area contributed by atoms with Gasteiger partial charge in [0.15, 0.2) is 0 Å². The standard InChI is InChI=1S/C13H22/c1-4-5-11-13(2,3)12-9-7-6-8-10-12/h7,9-10H,4-6,8,11H2,1-3H3. The highest BCUT2D eigenvalue weighted by atomic mass is 14.3. The molecule has 0 spiro atoms. The lowest BCUT2D eigenvalue weighted by Crippen LogP contribution is -2.14. The van der Waals surface area contributed by atoms with Gasteiger partial charge in [0, 0.05) is 0 Å². The molecule has 0 nitrogen and oxygen atoms in total. The average molecular weight is 178 g/mol. The van der Waals surface area contributed by atoms with Crippen LogP contribution in [0, 0.1) is 5.41 Å². The Bertz CT molecular complexity index is 206. The fraction of sp³-hybridized carbons (Fsp3) is 0.692. The molecule has 0 atom stereocenters. The van der Waals surface area contributed by atoms with Crippen LogP contribution in [-0.4, -0.2) is 0 Å². The molecule has 74 valence electrons. The molecular weight excluding hydrogens is 156 g/mol. The highest BCUT2D eigenvalue weighted by molar-refractivity contribution is 5.28. The Hall–Kier alpha value is -0.520. The molecule has 1 rings (SSSR count). The van der Waals surface area contributed by atoms with E-state index < -0.39 is 0 Å². The molecule has 0 radical (unpaired) electrons. The molecule has 0 N–H and O–H groups in total. The molecule has 0 aromatic rings. The molecule has 0 fully saturated rings. The molecule has 0 amide bonds. The Balaban J connectivity index is 2.56. The van der Waals surface area contributed by atoms with Crippen molar-refractivity contribution in [1.29, 1.82) is 0 Å². The van der Waals surface area contributed by atoms with E-state index in [9.17, 15) is 0 Å². The van der Waals surface area contributed by atoms with Gasteiger partial charge < -0.3 is 0 Å². The molecule has 13 heavy (non-hydrogen) atoms. The van der Waals surface area contributed by atoms with Crippen LogP contribution in [0.5, 0.6) is 0 Å². The van der Waals surface area contributed by atoms with Gasteiger partial charge in [-0.05, 0) is 30.3 Å². The third-order valence-corrected chi connectivity index (χ3v) is 2.93. The van der Waals surface area contributed by atoms with Crippen molar-refractivity contribution in [2.45, 2.75) is 52.9 Å². The van der Waals surface area contributed by atoms with Crippen molar-refractivity contribution in [2.75, 3.05) is 0 Å². The first-order valence-electron chi connectivity index (χ1n) is 5.54. The zero-order valence-electron chi connectivity index (χ0n) is 9.27. The predicted octanol–water partition coefficient (Wildman–Crippen LogP) is 4.48. The lowest BCUT2D eigenvalue weighted by molar-refractivity contribution is 0.398. The average Bonchev–Trinajstić information content (AvgIpc) is 2.16. The number of unbranched alkanes of at least 4 members (excludes halogenated alkanes) is 1. The van der Waals surface area contributed by atoms with Gasteiger partial charge in [-0.25, -0.2) is 0 Å². The summed E-state index contributed by atoms with van der Waals surface area (Å²) in [5.74, 6) is 0. The van der Waals surface area contributed by atoms with Crippen molar-refractivity contribution < 1.29 is 0 Å². The second kappa shape index (κ2) is 4.64. The molecule has 0 heterocycles. The summed E-state index contributed by atoms with van der Waals surface area (Å²) in [5.41, 5.74) is 1.94. The smallest absolute Gasteiger partial charge is 0.0107 e. The molecule has 0 bridgehead atoms. The van der Waals surface area contributed by atoms with E-state index in [0.29, 0.717) is 5.41 Å². The Labute approximate surface area is 82.7 Å². The molecule has 0 saturated heterocycles. The summed E-state index contributed by atoms with van der Waals surface area (Å²) >= 11 is 0. The normalized spacial score (nSPS) is 17.3. The van der Waals surface area contributed by atoms with Gasteiger partial charge >= 0.3 is 0 Å². The summed E-state index contributed by atoms with van der Waals surface area (Å²) in [7, 11) is 0. The minimum atomic E-state index is 0.396. The van der Waals surface area contributed by atoms with Crippen LogP contribution < -0.4 is 0 Å². The summed E-state index contributed by atoms with van der Waals surface area (Å²) in [4.78, 5) is 0. The maximum absolute atomic E-state index is 2.41. The molecule has 0 heteroatoms.